The van der Waals surface area contributed by atoms with Crippen molar-refractivity contribution in [1.29, 1.82) is 0 Å². The third kappa shape index (κ3) is 4.21. The van der Waals surface area contributed by atoms with Gasteiger partial charge in [0.15, 0.2) is 0 Å². The van der Waals surface area contributed by atoms with Gasteiger partial charge in [-0.25, -0.2) is 12.7 Å². The number of thiophene rings is 1. The van der Waals surface area contributed by atoms with Crippen LogP contribution in [0.2, 0.25) is 0 Å². The van der Waals surface area contributed by atoms with E-state index in [9.17, 15) is 8.42 Å². The van der Waals surface area contributed by atoms with Crippen LogP contribution in [0.5, 0.6) is 0 Å². The third-order valence-electron chi connectivity index (χ3n) is 2.34. The lowest BCUT2D eigenvalue weighted by Gasteiger charge is -2.16. The molecule has 0 radical (unpaired) electrons. The second kappa shape index (κ2) is 6.34. The van der Waals surface area contributed by atoms with Crippen LogP contribution in [0.15, 0.2) is 17.5 Å². The van der Waals surface area contributed by atoms with E-state index < -0.39 is 10.0 Å². The minimum Gasteiger partial charge on any atom is -0.319 e. The van der Waals surface area contributed by atoms with Crippen LogP contribution in [-0.2, 0) is 16.4 Å². The van der Waals surface area contributed by atoms with Gasteiger partial charge in [-0.1, -0.05) is 6.07 Å². The number of nitrogens with one attached hydrogen (secondary N) is 1. The Morgan fingerprint density at radius 3 is 2.81 bits per heavy atom. The molecule has 0 spiro atoms. The Labute approximate surface area is 101 Å². The van der Waals surface area contributed by atoms with Crippen LogP contribution in [0.1, 0.15) is 4.88 Å². The summed E-state index contributed by atoms with van der Waals surface area (Å²) >= 11 is 1.66. The summed E-state index contributed by atoms with van der Waals surface area (Å²) in [4.78, 5) is 1.22. The van der Waals surface area contributed by atoms with Crippen molar-refractivity contribution in [3.8, 4) is 0 Å². The summed E-state index contributed by atoms with van der Waals surface area (Å²) < 4.78 is 24.9. The Morgan fingerprint density at radius 2 is 2.25 bits per heavy atom. The van der Waals surface area contributed by atoms with Crippen molar-refractivity contribution in [2.24, 2.45) is 0 Å². The van der Waals surface area contributed by atoms with Gasteiger partial charge in [-0.15, -0.1) is 11.3 Å². The monoisotopic (exact) mass is 262 g/mol. The Balaban J connectivity index is 2.42. The van der Waals surface area contributed by atoms with E-state index in [1.54, 1.807) is 25.4 Å². The largest absolute Gasteiger partial charge is 0.319 e. The first-order valence-electron chi connectivity index (χ1n) is 5.17. The van der Waals surface area contributed by atoms with Crippen molar-refractivity contribution >= 4 is 21.4 Å². The normalized spacial score (nSPS) is 12.2. The Bertz CT molecular complexity index is 387. The lowest BCUT2D eigenvalue weighted by atomic mass is 10.3. The van der Waals surface area contributed by atoms with Gasteiger partial charge in [0.1, 0.15) is 0 Å². The second-order valence-electron chi connectivity index (χ2n) is 3.57. The van der Waals surface area contributed by atoms with E-state index in [0.29, 0.717) is 13.1 Å². The van der Waals surface area contributed by atoms with E-state index in [2.05, 4.69) is 5.32 Å². The summed E-state index contributed by atoms with van der Waals surface area (Å²) in [6, 6.07) is 4.01. The van der Waals surface area contributed by atoms with Crippen LogP contribution >= 0.6 is 11.3 Å². The van der Waals surface area contributed by atoms with E-state index in [0.717, 1.165) is 6.42 Å². The van der Waals surface area contributed by atoms with E-state index in [1.165, 1.54) is 9.18 Å². The van der Waals surface area contributed by atoms with E-state index in [1.807, 2.05) is 17.5 Å². The van der Waals surface area contributed by atoms with Crippen LogP contribution in [0.3, 0.4) is 0 Å². The van der Waals surface area contributed by atoms with Gasteiger partial charge in [0.2, 0.25) is 10.0 Å². The van der Waals surface area contributed by atoms with Gasteiger partial charge in [-0.2, -0.15) is 0 Å². The smallest absolute Gasteiger partial charge is 0.215 e. The molecule has 1 aromatic heterocycles. The molecule has 92 valence electrons. The molecule has 1 aromatic rings. The fourth-order valence-corrected chi connectivity index (χ4v) is 3.09. The van der Waals surface area contributed by atoms with E-state index in [4.69, 9.17) is 0 Å². The third-order valence-corrected chi connectivity index (χ3v) is 5.13. The molecule has 1 N–H and O–H groups in total. The predicted molar refractivity (Wildman–Crippen MR) is 68.4 cm³/mol. The Kier molecular flexibility index (Phi) is 5.40. The molecule has 0 aliphatic rings. The van der Waals surface area contributed by atoms with Crippen LogP contribution in [0, 0.1) is 0 Å². The number of sulfonamides is 1. The van der Waals surface area contributed by atoms with Gasteiger partial charge >= 0.3 is 0 Å². The zero-order chi connectivity index (χ0) is 12.0. The van der Waals surface area contributed by atoms with Crippen molar-refractivity contribution in [2.75, 3.05) is 32.9 Å². The number of rotatable bonds is 7. The van der Waals surface area contributed by atoms with E-state index >= 15 is 0 Å². The number of hydrogen-bond donors (Lipinski definition) is 1. The zero-order valence-electron chi connectivity index (χ0n) is 9.64. The molecule has 0 saturated heterocycles. The molecule has 0 fully saturated rings. The van der Waals surface area contributed by atoms with Gasteiger partial charge in [0.05, 0.1) is 5.75 Å². The molecule has 0 amide bonds. The molecule has 0 aliphatic carbocycles. The highest BCUT2D eigenvalue weighted by molar-refractivity contribution is 7.89. The highest BCUT2D eigenvalue weighted by Gasteiger charge is 2.16. The van der Waals surface area contributed by atoms with Gasteiger partial charge < -0.3 is 5.32 Å². The maximum atomic E-state index is 11.7. The fourth-order valence-electron chi connectivity index (χ4n) is 1.25. The maximum absolute atomic E-state index is 11.7. The first kappa shape index (κ1) is 13.6. The summed E-state index contributed by atoms with van der Waals surface area (Å²) in [5.41, 5.74) is 0. The molecule has 1 rings (SSSR count). The minimum atomic E-state index is -3.10. The molecule has 0 unspecified atom stereocenters. The van der Waals surface area contributed by atoms with Crippen molar-refractivity contribution in [2.45, 2.75) is 6.42 Å². The number of hydrogen-bond acceptors (Lipinski definition) is 4. The summed E-state index contributed by atoms with van der Waals surface area (Å²) in [6.07, 6.45) is 0.785. The van der Waals surface area contributed by atoms with Crippen LogP contribution in [-0.4, -0.2) is 45.7 Å². The van der Waals surface area contributed by atoms with Gasteiger partial charge in [-0.05, 0) is 24.9 Å². The highest BCUT2D eigenvalue weighted by Crippen LogP contribution is 2.10. The topological polar surface area (TPSA) is 49.4 Å². The summed E-state index contributed by atoms with van der Waals surface area (Å²) in [5, 5.41) is 4.85. The van der Waals surface area contributed by atoms with Crippen LogP contribution < -0.4 is 5.32 Å². The van der Waals surface area contributed by atoms with Crippen LogP contribution in [0.4, 0.5) is 0 Å². The molecule has 4 nitrogen and oxygen atoms in total. The Hall–Kier alpha value is -0.430. The minimum absolute atomic E-state index is 0.157. The summed E-state index contributed by atoms with van der Waals surface area (Å²) in [7, 11) is 0.288. The van der Waals surface area contributed by atoms with E-state index in [-0.39, 0.29) is 5.75 Å². The number of nitrogens with zero attached hydrogens (tertiary/aromatic N) is 1. The molecule has 16 heavy (non-hydrogen) atoms. The molecular weight excluding hydrogens is 244 g/mol. The SMILES string of the molecule is CNCCS(=O)(=O)N(C)CCc1cccs1. The van der Waals surface area contributed by atoms with Gasteiger partial charge in [0, 0.05) is 25.0 Å². The van der Waals surface area contributed by atoms with Gasteiger partial charge in [-0.3, -0.25) is 0 Å². The van der Waals surface area contributed by atoms with Crippen molar-refractivity contribution < 1.29 is 8.42 Å². The van der Waals surface area contributed by atoms with Crippen molar-refractivity contribution in [1.82, 2.24) is 9.62 Å². The number of likely N-dealkylation sites (N-methyl/N-ethyl adjacent to an activating group) is 1. The molecule has 0 aromatic carbocycles. The standard InChI is InChI=1S/C10H18N2O2S2/c1-11-6-9-16(13,14)12(2)7-5-10-4-3-8-15-10/h3-4,8,11H,5-7,9H2,1-2H3. The molecule has 1 heterocycles. The molecule has 6 heteroatoms. The predicted octanol–water partition coefficient (Wildman–Crippen LogP) is 0.772. The molecule has 0 saturated carbocycles. The zero-order valence-corrected chi connectivity index (χ0v) is 11.3. The Morgan fingerprint density at radius 1 is 1.50 bits per heavy atom. The fraction of sp³-hybridized carbons (Fsp3) is 0.600. The molecule has 0 bridgehead atoms. The average molecular weight is 262 g/mol. The average Bonchev–Trinajstić information content (AvgIpc) is 2.75. The maximum Gasteiger partial charge on any atom is 0.215 e. The highest BCUT2D eigenvalue weighted by atomic mass is 32.2. The molecule has 0 atom stereocenters. The first-order chi connectivity index (χ1) is 7.56. The molecular formula is C10H18N2O2S2. The summed E-state index contributed by atoms with van der Waals surface area (Å²) in [5.74, 6) is 0.157. The van der Waals surface area contributed by atoms with Crippen LogP contribution in [0.25, 0.3) is 0 Å². The molecule has 0 aliphatic heterocycles. The second-order valence-corrected chi connectivity index (χ2v) is 6.80. The quantitative estimate of drug-likeness (QED) is 0.790. The van der Waals surface area contributed by atoms with Crippen molar-refractivity contribution in [3.63, 3.8) is 0 Å². The summed E-state index contributed by atoms with van der Waals surface area (Å²) in [6.45, 7) is 1.04. The lowest BCUT2D eigenvalue weighted by Crippen LogP contribution is -2.34. The lowest BCUT2D eigenvalue weighted by molar-refractivity contribution is 0.472. The first-order valence-corrected chi connectivity index (χ1v) is 7.66. The van der Waals surface area contributed by atoms with Gasteiger partial charge in [0.25, 0.3) is 0 Å². The van der Waals surface area contributed by atoms with Crippen molar-refractivity contribution in [3.05, 3.63) is 22.4 Å².